The normalized spacial score (nSPS) is 18.6. The molecule has 0 spiro atoms. The van der Waals surface area contributed by atoms with Crippen molar-refractivity contribution in [1.82, 2.24) is 5.32 Å². The molecule has 88 valence electrons. The lowest BCUT2D eigenvalue weighted by Gasteiger charge is -2.16. The lowest BCUT2D eigenvalue weighted by molar-refractivity contribution is -0.119. The molecule has 1 heterocycles. The summed E-state index contributed by atoms with van der Waals surface area (Å²) in [6.45, 7) is 2.16. The zero-order valence-electron chi connectivity index (χ0n) is 9.89. The lowest BCUT2D eigenvalue weighted by atomic mass is 10.1. The third kappa shape index (κ3) is 3.55. The first-order valence-electron chi connectivity index (χ1n) is 5.76. The maximum absolute atomic E-state index is 10.9. The van der Waals surface area contributed by atoms with Gasteiger partial charge < -0.3 is 5.32 Å². The molecule has 1 aliphatic heterocycles. The highest BCUT2D eigenvalue weighted by molar-refractivity contribution is 5.97. The fourth-order valence-corrected chi connectivity index (χ4v) is 1.83. The number of benzene rings is 1. The summed E-state index contributed by atoms with van der Waals surface area (Å²) in [6.07, 6.45) is 4.86. The van der Waals surface area contributed by atoms with Crippen molar-refractivity contribution in [3.8, 4) is 0 Å². The van der Waals surface area contributed by atoms with Gasteiger partial charge in [0.05, 0.1) is 12.6 Å². The molecule has 2 rings (SSSR count). The van der Waals surface area contributed by atoms with Crippen molar-refractivity contribution in [2.75, 3.05) is 6.54 Å². The molecule has 17 heavy (non-hydrogen) atoms. The number of aliphatic imine (C=N–C) groups is 1. The summed E-state index contributed by atoms with van der Waals surface area (Å²) in [5, 5.41) is 2.83. The van der Waals surface area contributed by atoms with E-state index in [1.165, 1.54) is 12.5 Å². The molecule has 1 aliphatic rings. The van der Waals surface area contributed by atoms with Crippen molar-refractivity contribution < 1.29 is 4.79 Å². The highest BCUT2D eigenvalue weighted by atomic mass is 16.1. The first-order valence-corrected chi connectivity index (χ1v) is 5.76. The molecule has 1 aromatic carbocycles. The van der Waals surface area contributed by atoms with Crippen molar-refractivity contribution >= 4 is 11.6 Å². The fourth-order valence-electron chi connectivity index (χ4n) is 1.83. The van der Waals surface area contributed by atoms with Crippen LogP contribution in [0.3, 0.4) is 0 Å². The maximum Gasteiger partial charge on any atom is 0.217 e. The number of carbonyl (C=O) groups excluding carboxylic acids is 1. The highest BCUT2D eigenvalue weighted by Gasteiger charge is 2.10. The molecular formula is C14H16N2O. The van der Waals surface area contributed by atoms with Crippen LogP contribution in [0.1, 0.15) is 12.5 Å². The van der Waals surface area contributed by atoms with Gasteiger partial charge >= 0.3 is 0 Å². The number of nitrogens with one attached hydrogen (secondary N) is 1. The molecule has 3 heteroatoms. The summed E-state index contributed by atoms with van der Waals surface area (Å²) in [7, 11) is 0. The smallest absolute Gasteiger partial charge is 0.217 e. The van der Waals surface area contributed by atoms with Gasteiger partial charge in [0.2, 0.25) is 5.91 Å². The molecule has 1 amide bonds. The molecule has 1 aromatic rings. The number of rotatable bonds is 3. The summed E-state index contributed by atoms with van der Waals surface area (Å²) in [6, 6.07) is 10.3. The molecule has 0 saturated heterocycles. The number of dihydropyridines is 1. The zero-order valence-corrected chi connectivity index (χ0v) is 9.89. The summed E-state index contributed by atoms with van der Waals surface area (Å²) < 4.78 is 0. The molecule has 0 fully saturated rings. The van der Waals surface area contributed by atoms with Gasteiger partial charge in [0.15, 0.2) is 0 Å². The largest absolute Gasteiger partial charge is 0.348 e. The minimum atomic E-state index is -0.0126. The Balaban J connectivity index is 1.92. The molecule has 1 atom stereocenters. The molecule has 0 aromatic heterocycles. The Bertz CT molecular complexity index is 449. The third-order valence-electron chi connectivity index (χ3n) is 2.63. The van der Waals surface area contributed by atoms with Gasteiger partial charge in [0.1, 0.15) is 0 Å². The minimum Gasteiger partial charge on any atom is -0.348 e. The number of allylic oxidation sites excluding steroid dienone is 1. The van der Waals surface area contributed by atoms with Crippen molar-refractivity contribution in [2.45, 2.75) is 19.4 Å². The van der Waals surface area contributed by atoms with Gasteiger partial charge in [-0.25, -0.2) is 0 Å². The van der Waals surface area contributed by atoms with Crippen molar-refractivity contribution in [2.24, 2.45) is 4.99 Å². The average Bonchev–Trinajstić information content (AvgIpc) is 2.32. The van der Waals surface area contributed by atoms with Crippen LogP contribution in [-0.4, -0.2) is 24.2 Å². The first kappa shape index (κ1) is 11.6. The molecule has 1 N–H and O–H groups in total. The Kier molecular flexibility index (Phi) is 3.70. The molecule has 0 saturated carbocycles. The predicted octanol–water partition coefficient (Wildman–Crippen LogP) is 1.74. The van der Waals surface area contributed by atoms with Gasteiger partial charge in [-0.1, -0.05) is 36.4 Å². The van der Waals surface area contributed by atoms with Crippen molar-refractivity contribution in [3.05, 3.63) is 48.0 Å². The molecule has 3 nitrogen and oxygen atoms in total. The Morgan fingerprint density at radius 1 is 1.41 bits per heavy atom. The van der Waals surface area contributed by atoms with Crippen molar-refractivity contribution in [1.29, 1.82) is 0 Å². The van der Waals surface area contributed by atoms with E-state index in [0.717, 1.165) is 12.1 Å². The monoisotopic (exact) mass is 228 g/mol. The van der Waals surface area contributed by atoms with Gasteiger partial charge in [-0.2, -0.15) is 0 Å². The number of amides is 1. The predicted molar refractivity (Wildman–Crippen MR) is 69.2 cm³/mol. The Morgan fingerprint density at radius 2 is 2.18 bits per heavy atom. The summed E-state index contributed by atoms with van der Waals surface area (Å²) in [5.74, 6) is -0.0126. The fraction of sp³-hybridized carbons (Fsp3) is 0.286. The van der Waals surface area contributed by atoms with E-state index >= 15 is 0 Å². The Hall–Kier alpha value is -1.90. The number of hydrogen-bond acceptors (Lipinski definition) is 2. The van der Waals surface area contributed by atoms with Gasteiger partial charge in [-0.3, -0.25) is 9.79 Å². The first-order chi connectivity index (χ1) is 8.24. The molecule has 0 aliphatic carbocycles. The van der Waals surface area contributed by atoms with Gasteiger partial charge in [0.25, 0.3) is 0 Å². The summed E-state index contributed by atoms with van der Waals surface area (Å²) >= 11 is 0. The van der Waals surface area contributed by atoms with E-state index in [4.69, 9.17) is 0 Å². The quantitative estimate of drug-likeness (QED) is 0.841. The summed E-state index contributed by atoms with van der Waals surface area (Å²) in [4.78, 5) is 15.4. The number of carbonyl (C=O) groups is 1. The van der Waals surface area contributed by atoms with Crippen LogP contribution in [0.2, 0.25) is 0 Å². The number of nitrogens with zero attached hydrogens (tertiary/aromatic N) is 1. The number of hydrogen-bond donors (Lipinski definition) is 1. The van der Waals surface area contributed by atoms with Gasteiger partial charge in [-0.15, -0.1) is 0 Å². The molecular weight excluding hydrogens is 212 g/mol. The van der Waals surface area contributed by atoms with Crippen LogP contribution in [0.5, 0.6) is 0 Å². The van der Waals surface area contributed by atoms with E-state index in [1.54, 1.807) is 0 Å². The second-order valence-electron chi connectivity index (χ2n) is 4.16. The van der Waals surface area contributed by atoms with Crippen LogP contribution in [0.15, 0.2) is 47.5 Å². The zero-order chi connectivity index (χ0) is 12.1. The third-order valence-corrected chi connectivity index (χ3v) is 2.63. The van der Waals surface area contributed by atoms with E-state index in [-0.39, 0.29) is 11.9 Å². The van der Waals surface area contributed by atoms with Crippen LogP contribution < -0.4 is 5.32 Å². The summed E-state index contributed by atoms with van der Waals surface area (Å²) in [5.41, 5.74) is 2.33. The van der Waals surface area contributed by atoms with Gasteiger partial charge in [0, 0.05) is 19.1 Å². The Labute approximate surface area is 101 Å². The van der Waals surface area contributed by atoms with Crippen LogP contribution in [0.4, 0.5) is 0 Å². The van der Waals surface area contributed by atoms with E-state index in [0.29, 0.717) is 6.54 Å². The van der Waals surface area contributed by atoms with Crippen LogP contribution >= 0.6 is 0 Å². The van der Waals surface area contributed by atoms with Crippen molar-refractivity contribution in [3.63, 3.8) is 0 Å². The van der Waals surface area contributed by atoms with Crippen LogP contribution in [-0.2, 0) is 11.2 Å². The topological polar surface area (TPSA) is 41.5 Å². The van der Waals surface area contributed by atoms with Crippen LogP contribution in [0, 0.1) is 0 Å². The SMILES string of the molecule is CC(=O)NC1C=CC(Cc2ccccc2)=NC1. The lowest BCUT2D eigenvalue weighted by Crippen LogP contribution is -2.35. The standard InChI is InChI=1S/C14H16N2O/c1-11(17)16-14-8-7-13(15-10-14)9-12-5-3-2-4-6-12/h2-8,14H,9-10H2,1H3,(H,16,17). The second kappa shape index (κ2) is 5.43. The molecule has 0 bridgehead atoms. The van der Waals surface area contributed by atoms with E-state index < -0.39 is 0 Å². The van der Waals surface area contributed by atoms with E-state index in [2.05, 4.69) is 22.4 Å². The maximum atomic E-state index is 10.9. The van der Waals surface area contributed by atoms with E-state index in [9.17, 15) is 4.79 Å². The highest BCUT2D eigenvalue weighted by Crippen LogP contribution is 2.06. The average molecular weight is 228 g/mol. The molecule has 0 radical (unpaired) electrons. The van der Waals surface area contributed by atoms with Crippen LogP contribution in [0.25, 0.3) is 0 Å². The Morgan fingerprint density at radius 3 is 2.76 bits per heavy atom. The second-order valence-corrected chi connectivity index (χ2v) is 4.16. The molecule has 1 unspecified atom stereocenters. The van der Waals surface area contributed by atoms with E-state index in [1.807, 2.05) is 30.4 Å². The van der Waals surface area contributed by atoms with Gasteiger partial charge in [-0.05, 0) is 11.6 Å². The minimum absolute atomic E-state index is 0.0126.